The second-order valence-corrected chi connectivity index (χ2v) is 6.39. The maximum atomic E-state index is 12.3. The van der Waals surface area contributed by atoms with Gasteiger partial charge in [-0.2, -0.15) is 0 Å². The SMILES string of the molecule is CCc1ccc(OCCC(=O)NC2CCOc3ccc(C)cc32)cc1. The summed E-state index contributed by atoms with van der Waals surface area (Å²) in [6.45, 7) is 5.17. The standard InChI is InChI=1S/C21H25NO3/c1-3-16-5-7-17(8-6-16)24-13-11-21(23)22-19-10-12-25-20-9-4-15(2)14-18(19)20/h4-9,14,19H,3,10-13H2,1-2H3,(H,22,23). The van der Waals surface area contributed by atoms with Crippen molar-refractivity contribution >= 4 is 5.91 Å². The Hall–Kier alpha value is -2.49. The summed E-state index contributed by atoms with van der Waals surface area (Å²) in [5.74, 6) is 1.68. The number of aryl methyl sites for hydroxylation is 2. The highest BCUT2D eigenvalue weighted by Crippen LogP contribution is 2.32. The van der Waals surface area contributed by atoms with Gasteiger partial charge in [-0.1, -0.05) is 36.8 Å². The molecule has 132 valence electrons. The number of rotatable bonds is 6. The van der Waals surface area contributed by atoms with E-state index in [1.165, 1.54) is 11.1 Å². The highest BCUT2D eigenvalue weighted by molar-refractivity contribution is 5.76. The number of amides is 1. The van der Waals surface area contributed by atoms with Gasteiger partial charge in [0.05, 0.1) is 25.7 Å². The Balaban J connectivity index is 1.50. The van der Waals surface area contributed by atoms with Gasteiger partial charge in [-0.15, -0.1) is 0 Å². The fourth-order valence-electron chi connectivity index (χ4n) is 3.01. The number of hydrogen-bond donors (Lipinski definition) is 1. The normalized spacial score (nSPS) is 15.8. The van der Waals surface area contributed by atoms with Gasteiger partial charge in [0.15, 0.2) is 0 Å². The van der Waals surface area contributed by atoms with Crippen molar-refractivity contribution in [1.29, 1.82) is 0 Å². The Morgan fingerprint density at radius 2 is 2.04 bits per heavy atom. The molecule has 0 aliphatic carbocycles. The first kappa shape index (κ1) is 17.3. The molecule has 2 aromatic carbocycles. The Labute approximate surface area is 149 Å². The van der Waals surface area contributed by atoms with Gasteiger partial charge in [-0.3, -0.25) is 4.79 Å². The van der Waals surface area contributed by atoms with Crippen molar-refractivity contribution in [2.24, 2.45) is 0 Å². The second-order valence-electron chi connectivity index (χ2n) is 6.39. The van der Waals surface area contributed by atoms with Crippen molar-refractivity contribution in [3.63, 3.8) is 0 Å². The van der Waals surface area contributed by atoms with Crippen LogP contribution in [0.4, 0.5) is 0 Å². The number of benzene rings is 2. The molecule has 0 fully saturated rings. The zero-order valence-corrected chi connectivity index (χ0v) is 14.9. The van der Waals surface area contributed by atoms with Crippen LogP contribution in [0, 0.1) is 6.92 Å². The van der Waals surface area contributed by atoms with E-state index in [4.69, 9.17) is 9.47 Å². The molecule has 4 heteroatoms. The zero-order chi connectivity index (χ0) is 17.6. The van der Waals surface area contributed by atoms with Crippen molar-refractivity contribution in [2.45, 2.75) is 39.2 Å². The maximum Gasteiger partial charge on any atom is 0.223 e. The number of nitrogens with one attached hydrogen (secondary N) is 1. The molecule has 0 radical (unpaired) electrons. The smallest absolute Gasteiger partial charge is 0.223 e. The predicted octanol–water partition coefficient (Wildman–Crippen LogP) is 3.97. The molecule has 1 N–H and O–H groups in total. The minimum absolute atomic E-state index is 0.00420. The van der Waals surface area contributed by atoms with Gasteiger partial charge < -0.3 is 14.8 Å². The van der Waals surface area contributed by atoms with Gasteiger partial charge in [0, 0.05) is 12.0 Å². The molecule has 0 saturated carbocycles. The Morgan fingerprint density at radius 1 is 1.24 bits per heavy atom. The van der Waals surface area contributed by atoms with E-state index in [2.05, 4.69) is 30.4 Å². The quantitative estimate of drug-likeness (QED) is 0.866. The van der Waals surface area contributed by atoms with E-state index in [1.54, 1.807) is 0 Å². The van der Waals surface area contributed by atoms with Crippen molar-refractivity contribution in [1.82, 2.24) is 5.32 Å². The van der Waals surface area contributed by atoms with Gasteiger partial charge in [0.2, 0.25) is 5.91 Å². The minimum atomic E-state index is 0.00420. The van der Waals surface area contributed by atoms with E-state index in [-0.39, 0.29) is 11.9 Å². The van der Waals surface area contributed by atoms with Crippen LogP contribution in [-0.4, -0.2) is 19.1 Å². The van der Waals surface area contributed by atoms with Crippen LogP contribution in [0.1, 0.15) is 42.5 Å². The molecule has 1 aliphatic heterocycles. The summed E-state index contributed by atoms with van der Waals surface area (Å²) < 4.78 is 11.3. The molecule has 1 aliphatic rings. The van der Waals surface area contributed by atoms with Crippen molar-refractivity contribution < 1.29 is 14.3 Å². The lowest BCUT2D eigenvalue weighted by molar-refractivity contribution is -0.122. The van der Waals surface area contributed by atoms with Crippen molar-refractivity contribution in [2.75, 3.05) is 13.2 Å². The maximum absolute atomic E-state index is 12.3. The average molecular weight is 339 g/mol. The number of fused-ring (bicyclic) bond motifs is 1. The van der Waals surface area contributed by atoms with E-state index >= 15 is 0 Å². The molecule has 0 spiro atoms. The summed E-state index contributed by atoms with van der Waals surface area (Å²) in [4.78, 5) is 12.3. The van der Waals surface area contributed by atoms with Gasteiger partial charge in [0.1, 0.15) is 11.5 Å². The van der Waals surface area contributed by atoms with Crippen LogP contribution in [0.3, 0.4) is 0 Å². The highest BCUT2D eigenvalue weighted by Gasteiger charge is 2.22. The molecule has 25 heavy (non-hydrogen) atoms. The lowest BCUT2D eigenvalue weighted by Gasteiger charge is -2.27. The number of hydrogen-bond acceptors (Lipinski definition) is 3. The lowest BCUT2D eigenvalue weighted by Crippen LogP contribution is -2.32. The molecule has 0 saturated heterocycles. The summed E-state index contributed by atoms with van der Waals surface area (Å²) >= 11 is 0. The van der Waals surface area contributed by atoms with Gasteiger partial charge in [-0.05, 0) is 37.1 Å². The first-order chi connectivity index (χ1) is 12.2. The summed E-state index contributed by atoms with van der Waals surface area (Å²) in [7, 11) is 0. The molecule has 1 amide bonds. The van der Waals surface area contributed by atoms with E-state index in [0.717, 1.165) is 29.9 Å². The molecule has 4 nitrogen and oxygen atoms in total. The molecule has 1 heterocycles. The zero-order valence-electron chi connectivity index (χ0n) is 14.9. The van der Waals surface area contributed by atoms with E-state index in [0.29, 0.717) is 19.6 Å². The van der Waals surface area contributed by atoms with Crippen LogP contribution in [0.2, 0.25) is 0 Å². The third kappa shape index (κ3) is 4.53. The molecule has 3 rings (SSSR count). The van der Waals surface area contributed by atoms with Gasteiger partial charge in [0.25, 0.3) is 0 Å². The Kier molecular flexibility index (Phi) is 5.59. The number of carbonyl (C=O) groups is 1. The summed E-state index contributed by atoms with van der Waals surface area (Å²) in [6.07, 6.45) is 2.14. The minimum Gasteiger partial charge on any atom is -0.493 e. The molecular formula is C21H25NO3. The fourth-order valence-corrected chi connectivity index (χ4v) is 3.01. The van der Waals surface area contributed by atoms with Gasteiger partial charge >= 0.3 is 0 Å². The number of ether oxygens (including phenoxy) is 2. The Morgan fingerprint density at radius 3 is 2.80 bits per heavy atom. The lowest BCUT2D eigenvalue weighted by atomic mass is 9.98. The monoisotopic (exact) mass is 339 g/mol. The first-order valence-electron chi connectivity index (χ1n) is 8.90. The van der Waals surface area contributed by atoms with E-state index in [1.807, 2.05) is 31.2 Å². The third-order valence-electron chi connectivity index (χ3n) is 4.47. The largest absolute Gasteiger partial charge is 0.493 e. The molecule has 1 unspecified atom stereocenters. The molecular weight excluding hydrogens is 314 g/mol. The van der Waals surface area contributed by atoms with Crippen LogP contribution in [0.25, 0.3) is 0 Å². The molecule has 2 aromatic rings. The second kappa shape index (κ2) is 8.06. The van der Waals surface area contributed by atoms with Crippen LogP contribution in [0.15, 0.2) is 42.5 Å². The van der Waals surface area contributed by atoms with Crippen LogP contribution < -0.4 is 14.8 Å². The molecule has 0 bridgehead atoms. The third-order valence-corrected chi connectivity index (χ3v) is 4.47. The molecule has 0 aromatic heterocycles. The highest BCUT2D eigenvalue weighted by atomic mass is 16.5. The van der Waals surface area contributed by atoms with E-state index in [9.17, 15) is 4.79 Å². The van der Waals surface area contributed by atoms with Crippen LogP contribution in [-0.2, 0) is 11.2 Å². The fraction of sp³-hybridized carbons (Fsp3) is 0.381. The van der Waals surface area contributed by atoms with Gasteiger partial charge in [-0.25, -0.2) is 0 Å². The first-order valence-corrected chi connectivity index (χ1v) is 8.90. The number of carbonyl (C=O) groups excluding carboxylic acids is 1. The van der Waals surface area contributed by atoms with Crippen molar-refractivity contribution in [3.05, 3.63) is 59.2 Å². The topological polar surface area (TPSA) is 47.6 Å². The molecule has 1 atom stereocenters. The average Bonchev–Trinajstić information content (AvgIpc) is 2.63. The summed E-state index contributed by atoms with van der Waals surface area (Å²) in [6, 6.07) is 14.1. The summed E-state index contributed by atoms with van der Waals surface area (Å²) in [5, 5.41) is 3.11. The predicted molar refractivity (Wildman–Crippen MR) is 98.1 cm³/mol. The van der Waals surface area contributed by atoms with E-state index < -0.39 is 0 Å². The van der Waals surface area contributed by atoms with Crippen LogP contribution >= 0.6 is 0 Å². The van der Waals surface area contributed by atoms with Crippen LogP contribution in [0.5, 0.6) is 11.5 Å². The Bertz CT molecular complexity index is 724. The summed E-state index contributed by atoms with van der Waals surface area (Å²) in [5.41, 5.74) is 3.51. The van der Waals surface area contributed by atoms with Crippen molar-refractivity contribution in [3.8, 4) is 11.5 Å².